The summed E-state index contributed by atoms with van der Waals surface area (Å²) in [4.78, 5) is 2.40. The molecule has 0 radical (unpaired) electrons. The Morgan fingerprint density at radius 2 is 1.85 bits per heavy atom. The van der Waals surface area contributed by atoms with Crippen LogP contribution in [0, 0.1) is 5.92 Å². The summed E-state index contributed by atoms with van der Waals surface area (Å²) in [5.74, 6) is 0.275. The number of benzene rings is 1. The molecule has 5 nitrogen and oxygen atoms in total. The quantitative estimate of drug-likeness (QED) is 0.390. The summed E-state index contributed by atoms with van der Waals surface area (Å²) in [5.41, 5.74) is 1.25. The van der Waals surface area contributed by atoms with Crippen LogP contribution in [-0.2, 0) is 11.2 Å². The fourth-order valence-corrected chi connectivity index (χ4v) is 3.04. The summed E-state index contributed by atoms with van der Waals surface area (Å²) in [7, 11) is 0. The molecule has 26 heavy (non-hydrogen) atoms. The molecule has 0 bridgehead atoms. The van der Waals surface area contributed by atoms with Gasteiger partial charge in [0.2, 0.25) is 0 Å². The highest BCUT2D eigenvalue weighted by atomic mass is 16.5. The highest BCUT2D eigenvalue weighted by molar-refractivity contribution is 5.15. The fourth-order valence-electron chi connectivity index (χ4n) is 3.04. The molecule has 0 aromatic heterocycles. The number of nitrogens with zero attached hydrogens (tertiary/aromatic N) is 1. The second kappa shape index (κ2) is 15.1. The smallest absolute Gasteiger partial charge is 0.0897 e. The summed E-state index contributed by atoms with van der Waals surface area (Å²) in [6, 6.07) is 10.3. The second-order valence-corrected chi connectivity index (χ2v) is 6.84. The van der Waals surface area contributed by atoms with Crippen molar-refractivity contribution >= 4 is 0 Å². The van der Waals surface area contributed by atoms with Crippen LogP contribution in [0.5, 0.6) is 0 Å². The minimum Gasteiger partial charge on any atom is -0.396 e. The van der Waals surface area contributed by atoms with Crippen LogP contribution in [0.25, 0.3) is 0 Å². The van der Waals surface area contributed by atoms with Gasteiger partial charge in [0.25, 0.3) is 0 Å². The number of aliphatic hydroxyl groups excluding tert-OH is 2. The van der Waals surface area contributed by atoms with Crippen LogP contribution in [0.4, 0.5) is 0 Å². The third-order valence-electron chi connectivity index (χ3n) is 4.67. The molecule has 150 valence electrons. The summed E-state index contributed by atoms with van der Waals surface area (Å²) in [6.07, 6.45) is 2.20. The minimum atomic E-state index is -0.491. The fraction of sp³-hybridized carbons (Fsp3) is 0.714. The third kappa shape index (κ3) is 10.9. The predicted molar refractivity (Wildman–Crippen MR) is 107 cm³/mol. The Labute approximate surface area is 159 Å². The zero-order valence-electron chi connectivity index (χ0n) is 16.6. The molecule has 2 unspecified atom stereocenters. The average molecular weight is 367 g/mol. The topological polar surface area (TPSA) is 65.0 Å². The van der Waals surface area contributed by atoms with E-state index in [0.717, 1.165) is 39.0 Å². The van der Waals surface area contributed by atoms with Gasteiger partial charge in [0.05, 0.1) is 12.7 Å². The van der Waals surface area contributed by atoms with E-state index in [0.29, 0.717) is 26.2 Å². The van der Waals surface area contributed by atoms with Crippen molar-refractivity contribution in [3.63, 3.8) is 0 Å². The van der Waals surface area contributed by atoms with Crippen LogP contribution in [0.15, 0.2) is 30.3 Å². The van der Waals surface area contributed by atoms with Crippen molar-refractivity contribution in [2.75, 3.05) is 52.5 Å². The zero-order chi connectivity index (χ0) is 19.0. The molecule has 1 rings (SSSR count). The first-order valence-electron chi connectivity index (χ1n) is 10.0. The van der Waals surface area contributed by atoms with Crippen LogP contribution >= 0.6 is 0 Å². The minimum absolute atomic E-state index is 0.164. The first kappa shape index (κ1) is 23.1. The molecule has 0 amide bonds. The lowest BCUT2D eigenvalue weighted by Crippen LogP contribution is -2.33. The lowest BCUT2D eigenvalue weighted by atomic mass is 9.97. The number of ether oxygens (including phenoxy) is 1. The first-order chi connectivity index (χ1) is 12.7. The average Bonchev–Trinajstić information content (AvgIpc) is 2.65. The Morgan fingerprint density at radius 3 is 2.50 bits per heavy atom. The van der Waals surface area contributed by atoms with Crippen LogP contribution in [0.1, 0.15) is 32.3 Å². The van der Waals surface area contributed by atoms with E-state index in [-0.39, 0.29) is 12.5 Å². The molecule has 0 heterocycles. The molecule has 0 aliphatic heterocycles. The monoisotopic (exact) mass is 366 g/mol. The van der Waals surface area contributed by atoms with Crippen molar-refractivity contribution in [2.24, 2.45) is 5.92 Å². The Balaban J connectivity index is 2.13. The number of rotatable bonds is 16. The van der Waals surface area contributed by atoms with Crippen molar-refractivity contribution < 1.29 is 14.9 Å². The van der Waals surface area contributed by atoms with Gasteiger partial charge in [-0.25, -0.2) is 0 Å². The third-order valence-corrected chi connectivity index (χ3v) is 4.67. The molecule has 0 saturated heterocycles. The van der Waals surface area contributed by atoms with E-state index in [1.165, 1.54) is 5.56 Å². The highest BCUT2D eigenvalue weighted by Crippen LogP contribution is 2.12. The van der Waals surface area contributed by atoms with Gasteiger partial charge in [-0.3, -0.25) is 0 Å². The van der Waals surface area contributed by atoms with E-state index in [9.17, 15) is 10.2 Å². The lowest BCUT2D eigenvalue weighted by Gasteiger charge is -2.19. The summed E-state index contributed by atoms with van der Waals surface area (Å²) in [6.45, 7) is 10.2. The van der Waals surface area contributed by atoms with Gasteiger partial charge in [-0.15, -0.1) is 0 Å². The van der Waals surface area contributed by atoms with Crippen molar-refractivity contribution in [3.05, 3.63) is 35.9 Å². The lowest BCUT2D eigenvalue weighted by molar-refractivity contribution is 0.0179. The zero-order valence-corrected chi connectivity index (χ0v) is 16.6. The molecule has 3 N–H and O–H groups in total. The van der Waals surface area contributed by atoms with Gasteiger partial charge in [0, 0.05) is 19.8 Å². The molecule has 1 aromatic rings. The van der Waals surface area contributed by atoms with Crippen molar-refractivity contribution in [1.82, 2.24) is 10.2 Å². The molecular weight excluding hydrogens is 328 g/mol. The van der Waals surface area contributed by atoms with Crippen LogP contribution in [-0.4, -0.2) is 73.8 Å². The molecule has 5 heteroatoms. The van der Waals surface area contributed by atoms with Crippen molar-refractivity contribution in [1.29, 1.82) is 0 Å². The van der Waals surface area contributed by atoms with E-state index in [1.807, 2.05) is 18.2 Å². The van der Waals surface area contributed by atoms with Crippen molar-refractivity contribution in [2.45, 2.75) is 39.2 Å². The predicted octanol–water partition coefficient (Wildman–Crippen LogP) is 1.93. The second-order valence-electron chi connectivity index (χ2n) is 6.84. The van der Waals surface area contributed by atoms with E-state index < -0.39 is 6.10 Å². The first-order valence-corrected chi connectivity index (χ1v) is 10.0. The molecule has 0 fully saturated rings. The number of nitrogens with one attached hydrogen (secondary N) is 1. The van der Waals surface area contributed by atoms with E-state index in [4.69, 9.17) is 4.74 Å². The van der Waals surface area contributed by atoms with Gasteiger partial charge < -0.3 is 25.2 Å². The maximum Gasteiger partial charge on any atom is 0.0897 e. The number of hydrogen-bond donors (Lipinski definition) is 3. The van der Waals surface area contributed by atoms with E-state index >= 15 is 0 Å². The Hall–Kier alpha value is -0.980. The van der Waals surface area contributed by atoms with Crippen molar-refractivity contribution in [3.8, 4) is 0 Å². The van der Waals surface area contributed by atoms with Crippen LogP contribution < -0.4 is 5.32 Å². The molecule has 0 saturated carbocycles. The SMILES string of the molecule is CCN(CC)CCCNCC(O)COCC(CCO)Cc1ccccc1. The number of aliphatic hydroxyl groups is 2. The normalized spacial score (nSPS) is 13.9. The Morgan fingerprint density at radius 1 is 1.12 bits per heavy atom. The molecule has 1 aromatic carbocycles. The number of hydrogen-bond acceptors (Lipinski definition) is 5. The summed E-state index contributed by atoms with van der Waals surface area (Å²) in [5, 5.41) is 22.6. The van der Waals surface area contributed by atoms with Gasteiger partial charge >= 0.3 is 0 Å². The van der Waals surface area contributed by atoms with Crippen LogP contribution in [0.2, 0.25) is 0 Å². The maximum absolute atomic E-state index is 10.0. The molecule has 2 atom stereocenters. The Bertz CT molecular complexity index is 427. The maximum atomic E-state index is 10.0. The van der Waals surface area contributed by atoms with Gasteiger partial charge in [0.15, 0.2) is 0 Å². The summed E-state index contributed by atoms with van der Waals surface area (Å²) < 4.78 is 5.70. The van der Waals surface area contributed by atoms with Gasteiger partial charge in [-0.2, -0.15) is 0 Å². The summed E-state index contributed by atoms with van der Waals surface area (Å²) >= 11 is 0. The highest BCUT2D eigenvalue weighted by Gasteiger charge is 2.11. The van der Waals surface area contributed by atoms with Crippen LogP contribution in [0.3, 0.4) is 0 Å². The standard InChI is InChI=1S/C21H38N2O3/c1-3-23(4-2)13-8-12-22-16-21(25)18-26-17-20(11-14-24)15-19-9-6-5-7-10-19/h5-7,9-10,20-22,24-25H,3-4,8,11-18H2,1-2H3. The molecule has 0 aliphatic rings. The molecular formula is C21H38N2O3. The van der Waals surface area contributed by atoms with Gasteiger partial charge in [-0.05, 0) is 56.9 Å². The van der Waals surface area contributed by atoms with E-state index in [1.54, 1.807) is 0 Å². The molecule has 0 spiro atoms. The largest absolute Gasteiger partial charge is 0.396 e. The van der Waals surface area contributed by atoms with E-state index in [2.05, 4.69) is 36.2 Å². The van der Waals surface area contributed by atoms with Gasteiger partial charge in [0.1, 0.15) is 0 Å². The molecule has 0 aliphatic carbocycles. The Kier molecular flexibility index (Phi) is 13.4. The van der Waals surface area contributed by atoms with Gasteiger partial charge in [-0.1, -0.05) is 44.2 Å².